The number of benzene rings is 3. The summed E-state index contributed by atoms with van der Waals surface area (Å²) >= 11 is 0. The third-order valence-corrected chi connectivity index (χ3v) is 4.71. The summed E-state index contributed by atoms with van der Waals surface area (Å²) in [7, 11) is 1.59. The predicted molar refractivity (Wildman–Crippen MR) is 117 cm³/mol. The number of urea groups is 1. The number of nitrogens with zero attached hydrogens (tertiary/aromatic N) is 2. The summed E-state index contributed by atoms with van der Waals surface area (Å²) in [6.45, 7) is 1.19. The minimum atomic E-state index is -0.621. The number of nitrogens with one attached hydrogen (secondary N) is 1. The van der Waals surface area contributed by atoms with E-state index in [4.69, 9.17) is 4.74 Å². The van der Waals surface area contributed by atoms with Crippen LogP contribution in [0.1, 0.15) is 5.56 Å². The van der Waals surface area contributed by atoms with Crippen LogP contribution in [0.5, 0.6) is 11.5 Å². The molecule has 0 atom stereocenters. The molecule has 0 aromatic heterocycles. The minimum Gasteiger partial charge on any atom is -0.502 e. The summed E-state index contributed by atoms with van der Waals surface area (Å²) in [6, 6.07) is 20.9. The third kappa shape index (κ3) is 5.72. The van der Waals surface area contributed by atoms with E-state index in [1.165, 1.54) is 12.1 Å². The summed E-state index contributed by atoms with van der Waals surface area (Å²) in [4.78, 5) is 24.2. The van der Waals surface area contributed by atoms with E-state index in [1.807, 2.05) is 30.3 Å². The van der Waals surface area contributed by atoms with Crippen molar-refractivity contribution >= 4 is 11.7 Å². The van der Waals surface area contributed by atoms with E-state index in [2.05, 4.69) is 5.32 Å². The molecule has 3 rings (SSSR count). The molecular formula is C23H23N3O5. The Hall–Kier alpha value is -4.07. The number of rotatable bonds is 8. The Bertz CT molecular complexity index is 1040. The van der Waals surface area contributed by atoms with Crippen LogP contribution in [0.3, 0.4) is 0 Å². The van der Waals surface area contributed by atoms with E-state index < -0.39 is 4.92 Å². The van der Waals surface area contributed by atoms with Gasteiger partial charge in [0.2, 0.25) is 0 Å². The lowest BCUT2D eigenvalue weighted by Gasteiger charge is -2.22. The fraction of sp³-hybridized carbons (Fsp3) is 0.174. The highest BCUT2D eigenvalue weighted by molar-refractivity contribution is 5.73. The average molecular weight is 421 g/mol. The second-order valence-corrected chi connectivity index (χ2v) is 6.80. The minimum absolute atomic E-state index is 0.184. The first-order valence-corrected chi connectivity index (χ1v) is 9.69. The zero-order valence-corrected chi connectivity index (χ0v) is 17.0. The summed E-state index contributed by atoms with van der Waals surface area (Å²) in [6.07, 6.45) is 0. The van der Waals surface area contributed by atoms with E-state index in [0.29, 0.717) is 31.0 Å². The van der Waals surface area contributed by atoms with Gasteiger partial charge in [-0.15, -0.1) is 0 Å². The normalized spacial score (nSPS) is 10.4. The lowest BCUT2D eigenvalue weighted by molar-refractivity contribution is -0.385. The van der Waals surface area contributed by atoms with E-state index in [-0.39, 0.29) is 17.5 Å². The van der Waals surface area contributed by atoms with Crippen LogP contribution in [0.2, 0.25) is 0 Å². The molecule has 3 aromatic rings. The maximum atomic E-state index is 12.2. The smallest absolute Gasteiger partial charge is 0.317 e. The van der Waals surface area contributed by atoms with Gasteiger partial charge in [-0.05, 0) is 34.9 Å². The van der Waals surface area contributed by atoms with Crippen molar-refractivity contribution in [3.63, 3.8) is 0 Å². The van der Waals surface area contributed by atoms with Gasteiger partial charge < -0.3 is 20.1 Å². The molecule has 0 aliphatic carbocycles. The average Bonchev–Trinajstić information content (AvgIpc) is 2.79. The predicted octanol–water partition coefficient (Wildman–Crippen LogP) is 4.19. The highest BCUT2D eigenvalue weighted by atomic mass is 16.6. The van der Waals surface area contributed by atoms with Crippen molar-refractivity contribution in [3.05, 3.63) is 88.5 Å². The number of hydrogen-bond acceptors (Lipinski definition) is 5. The highest BCUT2D eigenvalue weighted by Crippen LogP contribution is 2.31. The molecule has 0 fully saturated rings. The Morgan fingerprint density at radius 1 is 1.06 bits per heavy atom. The molecule has 0 bridgehead atoms. The number of carbonyl (C=O) groups is 1. The molecule has 2 amide bonds. The summed E-state index contributed by atoms with van der Waals surface area (Å²) in [5, 5.41) is 23.2. The Balaban J connectivity index is 1.61. The van der Waals surface area contributed by atoms with Gasteiger partial charge in [0.05, 0.1) is 11.5 Å². The van der Waals surface area contributed by atoms with Crippen molar-refractivity contribution in [1.82, 2.24) is 10.2 Å². The Labute approximate surface area is 179 Å². The first kappa shape index (κ1) is 21.6. The van der Waals surface area contributed by atoms with Gasteiger partial charge in [0.1, 0.15) is 12.4 Å². The number of nitro groups is 1. The molecule has 0 heterocycles. The van der Waals surface area contributed by atoms with Crippen molar-refractivity contribution in [2.24, 2.45) is 0 Å². The number of carbonyl (C=O) groups excluding carboxylic acids is 1. The van der Waals surface area contributed by atoms with Crippen molar-refractivity contribution in [3.8, 4) is 22.6 Å². The number of hydrogen-bond donors (Lipinski definition) is 2. The summed E-state index contributed by atoms with van der Waals surface area (Å²) in [5.74, 6) is 0.249. The molecule has 8 nitrogen and oxygen atoms in total. The molecule has 0 spiro atoms. The molecule has 160 valence electrons. The largest absolute Gasteiger partial charge is 0.502 e. The summed E-state index contributed by atoms with van der Waals surface area (Å²) in [5.41, 5.74) is 2.06. The van der Waals surface area contributed by atoms with Crippen LogP contribution >= 0.6 is 0 Å². The molecule has 0 aliphatic rings. The van der Waals surface area contributed by atoms with Gasteiger partial charge in [0.15, 0.2) is 5.75 Å². The van der Waals surface area contributed by atoms with Crippen LogP contribution in [0.25, 0.3) is 11.1 Å². The number of phenolic OH excluding ortho intramolecular Hbond substituents is 1. The van der Waals surface area contributed by atoms with Crippen molar-refractivity contribution in [2.45, 2.75) is 6.54 Å². The molecule has 0 saturated carbocycles. The molecule has 31 heavy (non-hydrogen) atoms. The Kier molecular flexibility index (Phi) is 7.05. The van der Waals surface area contributed by atoms with Crippen LogP contribution in [0, 0.1) is 10.1 Å². The van der Waals surface area contributed by atoms with Gasteiger partial charge in [-0.1, -0.05) is 48.5 Å². The SMILES string of the molecule is CNC(=O)N(CCOc1ccc(-c2ccc(O)c([N+](=O)[O-])c2)cc1)Cc1ccccc1. The number of nitro benzene ring substituents is 1. The zero-order valence-electron chi connectivity index (χ0n) is 17.0. The highest BCUT2D eigenvalue weighted by Gasteiger charge is 2.15. The lowest BCUT2D eigenvalue weighted by atomic mass is 10.0. The van der Waals surface area contributed by atoms with Crippen LogP contribution in [-0.4, -0.2) is 41.2 Å². The first-order valence-electron chi connectivity index (χ1n) is 9.69. The van der Waals surface area contributed by atoms with Gasteiger partial charge in [-0.2, -0.15) is 0 Å². The molecular weight excluding hydrogens is 398 g/mol. The number of ether oxygens (including phenoxy) is 1. The van der Waals surface area contributed by atoms with E-state index in [9.17, 15) is 20.0 Å². The quantitative estimate of drug-likeness (QED) is 0.419. The molecule has 2 N–H and O–H groups in total. The van der Waals surface area contributed by atoms with Gasteiger partial charge in [0.25, 0.3) is 0 Å². The van der Waals surface area contributed by atoms with Crippen molar-refractivity contribution < 1.29 is 19.6 Å². The lowest BCUT2D eigenvalue weighted by Crippen LogP contribution is -2.40. The van der Waals surface area contributed by atoms with Gasteiger partial charge >= 0.3 is 11.7 Å². The standard InChI is InChI=1S/C23H23N3O5/c1-24-23(28)25(16-17-5-3-2-4-6-17)13-14-31-20-10-7-18(8-11-20)19-9-12-22(27)21(15-19)26(29)30/h2-12,15,27H,13-14,16H2,1H3,(H,24,28). The maximum absolute atomic E-state index is 12.2. The molecule has 0 saturated heterocycles. The van der Waals surface area contributed by atoms with E-state index in [0.717, 1.165) is 11.1 Å². The second kappa shape index (κ2) is 10.1. The Morgan fingerprint density at radius 2 is 1.74 bits per heavy atom. The third-order valence-electron chi connectivity index (χ3n) is 4.71. The number of amides is 2. The van der Waals surface area contributed by atoms with Crippen LogP contribution < -0.4 is 10.1 Å². The first-order chi connectivity index (χ1) is 15.0. The fourth-order valence-electron chi connectivity index (χ4n) is 3.08. The van der Waals surface area contributed by atoms with Gasteiger partial charge in [-0.3, -0.25) is 10.1 Å². The van der Waals surface area contributed by atoms with E-state index in [1.54, 1.807) is 42.3 Å². The van der Waals surface area contributed by atoms with Crippen LogP contribution in [0.4, 0.5) is 10.5 Å². The topological polar surface area (TPSA) is 105 Å². The number of phenols is 1. The monoisotopic (exact) mass is 421 g/mol. The molecule has 0 unspecified atom stereocenters. The van der Waals surface area contributed by atoms with Crippen molar-refractivity contribution in [2.75, 3.05) is 20.2 Å². The molecule has 0 aliphatic heterocycles. The van der Waals surface area contributed by atoms with E-state index >= 15 is 0 Å². The Morgan fingerprint density at radius 3 is 2.39 bits per heavy atom. The maximum Gasteiger partial charge on any atom is 0.317 e. The van der Waals surface area contributed by atoms with Gasteiger partial charge in [-0.25, -0.2) is 4.79 Å². The van der Waals surface area contributed by atoms with Crippen LogP contribution in [-0.2, 0) is 6.54 Å². The fourth-order valence-corrected chi connectivity index (χ4v) is 3.08. The van der Waals surface area contributed by atoms with Crippen LogP contribution in [0.15, 0.2) is 72.8 Å². The van der Waals surface area contributed by atoms with Gasteiger partial charge in [0, 0.05) is 19.7 Å². The molecule has 0 radical (unpaired) electrons. The summed E-state index contributed by atoms with van der Waals surface area (Å²) < 4.78 is 5.77. The molecule has 8 heteroatoms. The molecule has 3 aromatic carbocycles. The number of aromatic hydroxyl groups is 1. The second-order valence-electron chi connectivity index (χ2n) is 6.80. The zero-order chi connectivity index (χ0) is 22.2. The van der Waals surface area contributed by atoms with Crippen molar-refractivity contribution in [1.29, 1.82) is 0 Å².